The van der Waals surface area contributed by atoms with Gasteiger partial charge in [0, 0.05) is 18.2 Å². The largest absolute Gasteiger partial charge is 0.493 e. The van der Waals surface area contributed by atoms with E-state index >= 15 is 0 Å². The smallest absolute Gasteiger partial charge is 0.339 e. The summed E-state index contributed by atoms with van der Waals surface area (Å²) in [6, 6.07) is 11.4. The molecular weight excluding hydrogens is 402 g/mol. The van der Waals surface area contributed by atoms with Gasteiger partial charge in [0.05, 0.1) is 7.11 Å². The maximum atomic E-state index is 12.5. The second-order valence-corrected chi connectivity index (χ2v) is 9.07. The molecule has 0 fully saturated rings. The Bertz CT molecular complexity index is 1000. The molecule has 2 rings (SSSR count). The highest BCUT2D eigenvalue weighted by Gasteiger charge is 2.20. The monoisotopic (exact) mass is 431 g/mol. The summed E-state index contributed by atoms with van der Waals surface area (Å²) in [5, 5.41) is 0. The average molecular weight is 432 g/mol. The van der Waals surface area contributed by atoms with Crippen LogP contribution in [0, 0.1) is 6.92 Å². The van der Waals surface area contributed by atoms with Crippen molar-refractivity contribution in [2.75, 3.05) is 7.11 Å². The van der Waals surface area contributed by atoms with Crippen molar-refractivity contribution in [3.05, 3.63) is 59.7 Å². The molecule has 2 aromatic carbocycles. The summed E-state index contributed by atoms with van der Waals surface area (Å²) < 4.78 is 35.7. The Morgan fingerprint density at radius 3 is 2.10 bits per heavy atom. The maximum Gasteiger partial charge on any atom is 0.339 e. The molecule has 0 heterocycles. The first-order chi connectivity index (χ1) is 14.0. The molecule has 0 radical (unpaired) electrons. The normalized spacial score (nSPS) is 11.9. The Kier molecular flexibility index (Phi) is 7.67. The minimum Gasteiger partial charge on any atom is -0.493 e. The van der Waals surface area contributed by atoms with E-state index in [4.69, 9.17) is 8.92 Å². The molecule has 0 aromatic heterocycles. The number of benzene rings is 2. The number of carbonyl (C=O) groups is 1. The van der Waals surface area contributed by atoms with E-state index in [1.165, 1.54) is 31.4 Å². The molecule has 7 heteroatoms. The van der Waals surface area contributed by atoms with Gasteiger partial charge in [-0.25, -0.2) is 0 Å². The number of hydrogen-bond donors (Lipinski definition) is 0. The lowest BCUT2D eigenvalue weighted by Gasteiger charge is -2.29. The van der Waals surface area contributed by atoms with Crippen molar-refractivity contribution in [2.24, 2.45) is 0 Å². The molecule has 0 aliphatic rings. The minimum absolute atomic E-state index is 0.0622. The van der Waals surface area contributed by atoms with Gasteiger partial charge < -0.3 is 13.8 Å². The van der Waals surface area contributed by atoms with Crippen LogP contribution in [-0.2, 0) is 14.9 Å². The van der Waals surface area contributed by atoms with Gasteiger partial charge in [-0.1, -0.05) is 23.8 Å². The van der Waals surface area contributed by atoms with Crippen LogP contribution in [0.3, 0.4) is 0 Å². The zero-order valence-electron chi connectivity index (χ0n) is 18.2. The van der Waals surface area contributed by atoms with Gasteiger partial charge in [-0.2, -0.15) is 8.42 Å². The van der Waals surface area contributed by atoms with Crippen molar-refractivity contribution < 1.29 is 22.1 Å². The summed E-state index contributed by atoms with van der Waals surface area (Å²) in [7, 11) is -2.56. The Morgan fingerprint density at radius 1 is 0.967 bits per heavy atom. The molecule has 1 amide bonds. The first kappa shape index (κ1) is 23.5. The summed E-state index contributed by atoms with van der Waals surface area (Å²) >= 11 is 0. The molecule has 162 valence electrons. The van der Waals surface area contributed by atoms with E-state index in [2.05, 4.69) is 0 Å². The SMILES string of the molecule is COc1cc(/C=C/C(=O)N(C(C)C)C(C)C)ccc1OS(=O)(=O)c1ccc(C)cc1. The quantitative estimate of drug-likeness (QED) is 0.457. The predicted octanol–water partition coefficient (Wildman–Crippen LogP) is 4.43. The highest BCUT2D eigenvalue weighted by molar-refractivity contribution is 7.87. The average Bonchev–Trinajstić information content (AvgIpc) is 2.66. The molecule has 6 nitrogen and oxygen atoms in total. The Labute approximate surface area is 179 Å². The van der Waals surface area contributed by atoms with Crippen molar-refractivity contribution in [1.29, 1.82) is 0 Å². The van der Waals surface area contributed by atoms with Gasteiger partial charge in [0.15, 0.2) is 11.5 Å². The van der Waals surface area contributed by atoms with Crippen LogP contribution in [0.4, 0.5) is 0 Å². The first-order valence-electron chi connectivity index (χ1n) is 9.74. The van der Waals surface area contributed by atoms with E-state index in [1.807, 2.05) is 34.6 Å². The predicted molar refractivity (Wildman–Crippen MR) is 118 cm³/mol. The molecule has 0 spiro atoms. The summed E-state index contributed by atoms with van der Waals surface area (Å²) in [6.45, 7) is 9.74. The fourth-order valence-corrected chi connectivity index (χ4v) is 4.03. The summed E-state index contributed by atoms with van der Waals surface area (Å²) in [6.07, 6.45) is 3.17. The van der Waals surface area contributed by atoms with Crippen LogP contribution in [0.15, 0.2) is 53.4 Å². The van der Waals surface area contributed by atoms with Crippen LogP contribution in [-0.4, -0.2) is 38.4 Å². The number of ether oxygens (including phenoxy) is 1. The maximum absolute atomic E-state index is 12.5. The number of aryl methyl sites for hydroxylation is 1. The van der Waals surface area contributed by atoms with E-state index in [0.717, 1.165) is 5.56 Å². The van der Waals surface area contributed by atoms with Crippen molar-refractivity contribution in [3.8, 4) is 11.5 Å². The van der Waals surface area contributed by atoms with Crippen LogP contribution in [0.25, 0.3) is 6.08 Å². The molecule has 30 heavy (non-hydrogen) atoms. The lowest BCUT2D eigenvalue weighted by atomic mass is 10.1. The lowest BCUT2D eigenvalue weighted by molar-refractivity contribution is -0.129. The molecule has 0 unspecified atom stereocenters. The molecule has 2 aromatic rings. The molecule has 0 aliphatic heterocycles. The number of rotatable bonds is 8. The molecular formula is C23H29NO5S. The van der Waals surface area contributed by atoms with Gasteiger partial charge in [0.25, 0.3) is 0 Å². The van der Waals surface area contributed by atoms with Crippen molar-refractivity contribution in [1.82, 2.24) is 4.90 Å². The van der Waals surface area contributed by atoms with E-state index in [-0.39, 0.29) is 34.4 Å². The molecule has 0 bridgehead atoms. The third-order valence-electron chi connectivity index (χ3n) is 4.48. The third kappa shape index (κ3) is 5.86. The zero-order valence-corrected chi connectivity index (χ0v) is 19.1. The molecule has 0 aliphatic carbocycles. The van der Waals surface area contributed by atoms with Gasteiger partial charge in [0.1, 0.15) is 4.90 Å². The van der Waals surface area contributed by atoms with E-state index in [9.17, 15) is 13.2 Å². The minimum atomic E-state index is -3.99. The van der Waals surface area contributed by atoms with Gasteiger partial charge in [-0.05, 0) is 70.5 Å². The second kappa shape index (κ2) is 9.80. The van der Waals surface area contributed by atoms with E-state index in [0.29, 0.717) is 5.56 Å². The Balaban J connectivity index is 2.24. The summed E-state index contributed by atoms with van der Waals surface area (Å²) in [4.78, 5) is 14.3. The Hall–Kier alpha value is -2.80. The number of nitrogens with zero attached hydrogens (tertiary/aromatic N) is 1. The number of carbonyl (C=O) groups excluding carboxylic acids is 1. The lowest BCUT2D eigenvalue weighted by Crippen LogP contribution is -2.41. The zero-order chi connectivity index (χ0) is 22.5. The molecule has 0 N–H and O–H groups in total. The molecule has 0 saturated carbocycles. The molecule has 0 atom stereocenters. The third-order valence-corrected chi connectivity index (χ3v) is 5.73. The number of hydrogen-bond acceptors (Lipinski definition) is 5. The van der Waals surface area contributed by atoms with Crippen molar-refractivity contribution >= 4 is 22.1 Å². The van der Waals surface area contributed by atoms with E-state index < -0.39 is 10.1 Å². The second-order valence-electron chi connectivity index (χ2n) is 7.53. The van der Waals surface area contributed by atoms with Crippen LogP contribution in [0.2, 0.25) is 0 Å². The van der Waals surface area contributed by atoms with E-state index in [1.54, 1.807) is 35.2 Å². The fraction of sp³-hybridized carbons (Fsp3) is 0.348. The topological polar surface area (TPSA) is 72.9 Å². The van der Waals surface area contributed by atoms with Crippen LogP contribution >= 0.6 is 0 Å². The highest BCUT2D eigenvalue weighted by Crippen LogP contribution is 2.31. The van der Waals surface area contributed by atoms with Crippen LogP contribution < -0.4 is 8.92 Å². The number of methoxy groups -OCH3 is 1. The molecule has 0 saturated heterocycles. The van der Waals surface area contributed by atoms with Crippen LogP contribution in [0.1, 0.15) is 38.8 Å². The van der Waals surface area contributed by atoms with Gasteiger partial charge >= 0.3 is 10.1 Å². The van der Waals surface area contributed by atoms with Crippen molar-refractivity contribution in [2.45, 2.75) is 51.6 Å². The van der Waals surface area contributed by atoms with Crippen molar-refractivity contribution in [3.63, 3.8) is 0 Å². The highest BCUT2D eigenvalue weighted by atomic mass is 32.2. The summed E-state index contributed by atoms with van der Waals surface area (Å²) in [5.41, 5.74) is 1.64. The Morgan fingerprint density at radius 2 is 1.57 bits per heavy atom. The summed E-state index contributed by atoms with van der Waals surface area (Å²) in [5.74, 6) is 0.235. The number of amides is 1. The first-order valence-corrected chi connectivity index (χ1v) is 11.2. The van der Waals surface area contributed by atoms with Gasteiger partial charge in [0.2, 0.25) is 5.91 Å². The van der Waals surface area contributed by atoms with Gasteiger partial charge in [-0.3, -0.25) is 4.79 Å². The van der Waals surface area contributed by atoms with Gasteiger partial charge in [-0.15, -0.1) is 0 Å². The van der Waals surface area contributed by atoms with Crippen LogP contribution in [0.5, 0.6) is 11.5 Å². The standard InChI is InChI=1S/C23H29NO5S/c1-16(2)24(17(3)4)23(25)14-10-19-9-13-21(22(15-19)28-6)29-30(26,27)20-11-7-18(5)8-12-20/h7-17H,1-6H3/b14-10+. The fourth-order valence-electron chi connectivity index (χ4n) is 3.09.